The van der Waals surface area contributed by atoms with Gasteiger partial charge in [0.2, 0.25) is 0 Å². The molecule has 3 aromatic rings. The van der Waals surface area contributed by atoms with E-state index in [-0.39, 0.29) is 11.9 Å². The highest BCUT2D eigenvalue weighted by molar-refractivity contribution is 6.05. The molecule has 1 amide bonds. The number of nitrogens with zero attached hydrogens (tertiary/aromatic N) is 4. The number of fused-ring (bicyclic) bond motifs is 1. The van der Waals surface area contributed by atoms with Crippen molar-refractivity contribution in [2.45, 2.75) is 18.9 Å². The van der Waals surface area contributed by atoms with E-state index in [0.717, 1.165) is 37.0 Å². The molecule has 4 rings (SSSR count). The van der Waals surface area contributed by atoms with E-state index in [2.05, 4.69) is 19.9 Å². The van der Waals surface area contributed by atoms with E-state index in [1.807, 2.05) is 48.6 Å². The van der Waals surface area contributed by atoms with Crippen molar-refractivity contribution in [1.82, 2.24) is 19.9 Å². The van der Waals surface area contributed by atoms with Gasteiger partial charge >= 0.3 is 0 Å². The second kappa shape index (κ2) is 6.55. The number of amides is 1. The van der Waals surface area contributed by atoms with E-state index in [1.165, 1.54) is 5.69 Å². The third-order valence-corrected chi connectivity index (χ3v) is 5.03. The predicted molar refractivity (Wildman–Crippen MR) is 97.7 cm³/mol. The highest BCUT2D eigenvalue weighted by atomic mass is 16.2. The van der Waals surface area contributed by atoms with Gasteiger partial charge in [-0.25, -0.2) is 0 Å². The molecule has 0 radical (unpaired) electrons. The zero-order valence-corrected chi connectivity index (χ0v) is 14.2. The van der Waals surface area contributed by atoms with E-state index >= 15 is 0 Å². The molecule has 0 aromatic carbocycles. The summed E-state index contributed by atoms with van der Waals surface area (Å²) in [6.45, 7) is 1.89. The van der Waals surface area contributed by atoms with Crippen LogP contribution >= 0.6 is 0 Å². The summed E-state index contributed by atoms with van der Waals surface area (Å²) in [5, 5.41) is 0. The minimum Gasteiger partial charge on any atom is -0.371 e. The molecule has 1 aliphatic rings. The molecule has 0 bridgehead atoms. The van der Waals surface area contributed by atoms with Gasteiger partial charge in [0, 0.05) is 56.7 Å². The third-order valence-electron chi connectivity index (χ3n) is 5.03. The van der Waals surface area contributed by atoms with Crippen molar-refractivity contribution in [2.24, 2.45) is 0 Å². The topological polar surface area (TPSA) is 65.1 Å². The Hall–Kier alpha value is -2.89. The molecule has 4 heterocycles. The standard InChI is InChI=1S/C19H21N5O/c1-23(19(25)16-13-22-17-3-2-8-21-18(16)17)14-6-11-24(12-7-14)15-4-9-20-10-5-15/h2-5,8-10,13-14,22H,6-7,11-12H2,1H3. The number of pyridine rings is 2. The average Bonchev–Trinajstić information content (AvgIpc) is 3.12. The van der Waals surface area contributed by atoms with Gasteiger partial charge in [-0.15, -0.1) is 0 Å². The van der Waals surface area contributed by atoms with Gasteiger partial charge in [-0.05, 0) is 37.1 Å². The van der Waals surface area contributed by atoms with E-state index in [0.29, 0.717) is 5.56 Å². The zero-order valence-electron chi connectivity index (χ0n) is 14.2. The highest BCUT2D eigenvalue weighted by Gasteiger charge is 2.27. The summed E-state index contributed by atoms with van der Waals surface area (Å²) in [4.78, 5) is 28.7. The molecule has 6 nitrogen and oxygen atoms in total. The quantitative estimate of drug-likeness (QED) is 0.799. The van der Waals surface area contributed by atoms with Crippen LogP contribution in [0.4, 0.5) is 5.69 Å². The minimum atomic E-state index is 0.0345. The van der Waals surface area contributed by atoms with Crippen LogP contribution in [0.25, 0.3) is 11.0 Å². The number of carbonyl (C=O) groups is 1. The normalized spacial score (nSPS) is 15.5. The molecule has 1 N–H and O–H groups in total. The summed E-state index contributed by atoms with van der Waals surface area (Å²) in [6.07, 6.45) is 9.05. The molecule has 3 aromatic heterocycles. The average molecular weight is 335 g/mol. The van der Waals surface area contributed by atoms with E-state index in [9.17, 15) is 4.79 Å². The van der Waals surface area contributed by atoms with Crippen LogP contribution in [0.1, 0.15) is 23.2 Å². The Morgan fingerprint density at radius 3 is 2.72 bits per heavy atom. The van der Waals surface area contributed by atoms with Crippen LogP contribution in [0, 0.1) is 0 Å². The van der Waals surface area contributed by atoms with Gasteiger partial charge in [0.05, 0.1) is 11.1 Å². The number of hydrogen-bond acceptors (Lipinski definition) is 4. The summed E-state index contributed by atoms with van der Waals surface area (Å²) in [6, 6.07) is 8.12. The van der Waals surface area contributed by atoms with Crippen LogP contribution in [-0.4, -0.2) is 51.9 Å². The van der Waals surface area contributed by atoms with Gasteiger partial charge in [-0.2, -0.15) is 0 Å². The first-order chi connectivity index (χ1) is 12.2. The van der Waals surface area contributed by atoms with E-state index in [1.54, 1.807) is 12.4 Å². The van der Waals surface area contributed by atoms with Crippen LogP contribution in [0.3, 0.4) is 0 Å². The molecular weight excluding hydrogens is 314 g/mol. The van der Waals surface area contributed by atoms with Gasteiger partial charge in [0.25, 0.3) is 5.91 Å². The third kappa shape index (κ3) is 2.95. The number of rotatable bonds is 3. The number of H-pyrrole nitrogens is 1. The number of hydrogen-bond donors (Lipinski definition) is 1. The fraction of sp³-hybridized carbons (Fsp3) is 0.316. The molecule has 1 saturated heterocycles. The predicted octanol–water partition coefficient (Wildman–Crippen LogP) is 2.70. The van der Waals surface area contributed by atoms with Crippen LogP contribution in [0.2, 0.25) is 0 Å². The van der Waals surface area contributed by atoms with Gasteiger partial charge in [-0.3, -0.25) is 14.8 Å². The lowest BCUT2D eigenvalue weighted by Crippen LogP contribution is -2.45. The Kier molecular flexibility index (Phi) is 4.09. The first-order valence-corrected chi connectivity index (χ1v) is 8.58. The van der Waals surface area contributed by atoms with Gasteiger partial charge < -0.3 is 14.8 Å². The van der Waals surface area contributed by atoms with E-state index < -0.39 is 0 Å². The molecule has 1 aliphatic heterocycles. The molecule has 128 valence electrons. The second-order valence-electron chi connectivity index (χ2n) is 6.44. The van der Waals surface area contributed by atoms with Crippen LogP contribution in [0.15, 0.2) is 49.1 Å². The summed E-state index contributed by atoms with van der Waals surface area (Å²) in [7, 11) is 1.90. The van der Waals surface area contributed by atoms with Crippen molar-refractivity contribution >= 4 is 22.6 Å². The highest BCUT2D eigenvalue weighted by Crippen LogP contribution is 2.24. The summed E-state index contributed by atoms with van der Waals surface area (Å²) < 4.78 is 0. The van der Waals surface area contributed by atoms with Crippen molar-refractivity contribution in [3.63, 3.8) is 0 Å². The van der Waals surface area contributed by atoms with Crippen LogP contribution in [0.5, 0.6) is 0 Å². The molecule has 6 heteroatoms. The van der Waals surface area contributed by atoms with Gasteiger partial charge in [0.15, 0.2) is 0 Å². The molecule has 0 spiro atoms. The summed E-state index contributed by atoms with van der Waals surface area (Å²) in [5.41, 5.74) is 3.48. The van der Waals surface area contributed by atoms with Gasteiger partial charge in [0.1, 0.15) is 5.52 Å². The fourth-order valence-electron chi connectivity index (χ4n) is 3.54. The maximum Gasteiger partial charge on any atom is 0.257 e. The number of piperidine rings is 1. The Balaban J connectivity index is 1.45. The Bertz CT molecular complexity index is 868. The number of nitrogens with one attached hydrogen (secondary N) is 1. The number of anilines is 1. The van der Waals surface area contributed by atoms with Crippen LogP contribution in [-0.2, 0) is 0 Å². The van der Waals surface area contributed by atoms with Crippen molar-refractivity contribution < 1.29 is 4.79 Å². The molecule has 0 unspecified atom stereocenters. The maximum absolute atomic E-state index is 12.9. The lowest BCUT2D eigenvalue weighted by Gasteiger charge is -2.37. The molecule has 0 atom stereocenters. The van der Waals surface area contributed by atoms with Crippen molar-refractivity contribution in [3.8, 4) is 0 Å². The van der Waals surface area contributed by atoms with Crippen LogP contribution < -0.4 is 4.90 Å². The summed E-state index contributed by atoms with van der Waals surface area (Å²) in [5.74, 6) is 0.0345. The molecule has 1 fully saturated rings. The monoisotopic (exact) mass is 335 g/mol. The largest absolute Gasteiger partial charge is 0.371 e. The molecular formula is C19H21N5O. The SMILES string of the molecule is CN(C(=O)c1c[nH]c2cccnc12)C1CCN(c2ccncc2)CC1. The smallest absolute Gasteiger partial charge is 0.257 e. The molecule has 25 heavy (non-hydrogen) atoms. The Morgan fingerprint density at radius 1 is 1.20 bits per heavy atom. The zero-order chi connectivity index (χ0) is 17.2. The Labute approximate surface area is 146 Å². The first-order valence-electron chi connectivity index (χ1n) is 8.58. The first kappa shape index (κ1) is 15.6. The Morgan fingerprint density at radius 2 is 1.96 bits per heavy atom. The minimum absolute atomic E-state index is 0.0345. The number of aromatic nitrogens is 3. The second-order valence-corrected chi connectivity index (χ2v) is 6.44. The lowest BCUT2D eigenvalue weighted by molar-refractivity contribution is 0.0711. The van der Waals surface area contributed by atoms with E-state index in [4.69, 9.17) is 0 Å². The maximum atomic E-state index is 12.9. The van der Waals surface area contributed by atoms with Crippen molar-refractivity contribution in [3.05, 3.63) is 54.6 Å². The molecule has 0 aliphatic carbocycles. The van der Waals surface area contributed by atoms with Gasteiger partial charge in [-0.1, -0.05) is 0 Å². The fourth-order valence-corrected chi connectivity index (χ4v) is 3.54. The van der Waals surface area contributed by atoms with Crippen molar-refractivity contribution in [1.29, 1.82) is 0 Å². The summed E-state index contributed by atoms with van der Waals surface area (Å²) >= 11 is 0. The van der Waals surface area contributed by atoms with Crippen molar-refractivity contribution in [2.75, 3.05) is 25.0 Å². The number of carbonyl (C=O) groups excluding carboxylic acids is 1. The number of aromatic amines is 1. The lowest BCUT2D eigenvalue weighted by atomic mass is 10.0. The molecule has 0 saturated carbocycles.